The van der Waals surface area contributed by atoms with Crippen LogP contribution in [0.2, 0.25) is 0 Å². The minimum absolute atomic E-state index is 0.0283. The van der Waals surface area contributed by atoms with Crippen LogP contribution in [0, 0.1) is 5.82 Å². The summed E-state index contributed by atoms with van der Waals surface area (Å²) < 4.78 is 18.2. The molecule has 0 saturated heterocycles. The van der Waals surface area contributed by atoms with Gasteiger partial charge in [-0.2, -0.15) is 0 Å². The second-order valence-electron chi connectivity index (χ2n) is 4.49. The number of rotatable bonds is 5. The van der Waals surface area contributed by atoms with Crippen LogP contribution in [0.4, 0.5) is 10.1 Å². The Morgan fingerprint density at radius 2 is 1.90 bits per heavy atom. The maximum atomic E-state index is 13.1. The van der Waals surface area contributed by atoms with E-state index in [1.807, 2.05) is 0 Å². The van der Waals surface area contributed by atoms with Gasteiger partial charge in [-0.1, -0.05) is 6.07 Å². The van der Waals surface area contributed by atoms with Gasteiger partial charge in [0.15, 0.2) is 5.78 Å². The molecule has 2 aromatic carbocycles. The third kappa shape index (κ3) is 3.35. The molecule has 4 heteroatoms. The van der Waals surface area contributed by atoms with Gasteiger partial charge in [-0.25, -0.2) is 4.39 Å². The van der Waals surface area contributed by atoms with Gasteiger partial charge in [0.2, 0.25) is 0 Å². The number of methoxy groups -OCH3 is 1. The number of hydrogen-bond donors (Lipinski definition) is 0. The molecule has 0 spiro atoms. The molecule has 0 aliphatic carbocycles. The predicted octanol–water partition coefficient (Wildman–Crippen LogP) is 3.15. The summed E-state index contributed by atoms with van der Waals surface area (Å²) in [7, 11) is 3.34. The van der Waals surface area contributed by atoms with Crippen molar-refractivity contribution in [2.45, 2.75) is 0 Å². The fourth-order valence-corrected chi connectivity index (χ4v) is 1.89. The number of carbonyl (C=O) groups is 1. The van der Waals surface area contributed by atoms with Crippen molar-refractivity contribution in [3.05, 3.63) is 59.9 Å². The van der Waals surface area contributed by atoms with Crippen LogP contribution < -0.4 is 9.64 Å². The Balaban J connectivity index is 2.06. The van der Waals surface area contributed by atoms with Gasteiger partial charge in [-0.3, -0.25) is 4.79 Å². The first-order valence-electron chi connectivity index (χ1n) is 6.24. The highest BCUT2D eigenvalue weighted by Gasteiger charge is 2.10. The summed E-state index contributed by atoms with van der Waals surface area (Å²) in [5.74, 6) is 0.366. The smallest absolute Gasteiger partial charge is 0.182 e. The Bertz CT molecular complexity index is 596. The molecule has 20 heavy (non-hydrogen) atoms. The molecule has 104 valence electrons. The number of anilines is 1. The quantitative estimate of drug-likeness (QED) is 0.784. The van der Waals surface area contributed by atoms with Crippen LogP contribution >= 0.6 is 0 Å². The number of Topliss-reactive ketones (excluding diaryl/α,β-unsaturated/α-hetero) is 1. The van der Waals surface area contributed by atoms with Crippen molar-refractivity contribution in [2.75, 3.05) is 25.6 Å². The second kappa shape index (κ2) is 6.19. The molecule has 0 aliphatic rings. The number of halogens is 1. The van der Waals surface area contributed by atoms with Crippen LogP contribution in [-0.2, 0) is 0 Å². The van der Waals surface area contributed by atoms with E-state index < -0.39 is 0 Å². The SMILES string of the molecule is COc1ccc(C(=O)CN(C)c2cccc(F)c2)cc1. The molecular weight excluding hydrogens is 257 g/mol. The zero-order valence-electron chi connectivity index (χ0n) is 11.5. The number of ether oxygens (including phenoxy) is 1. The lowest BCUT2D eigenvalue weighted by atomic mass is 10.1. The molecule has 0 bridgehead atoms. The predicted molar refractivity (Wildman–Crippen MR) is 77.0 cm³/mol. The van der Waals surface area contributed by atoms with Crippen LogP contribution in [0.1, 0.15) is 10.4 Å². The van der Waals surface area contributed by atoms with E-state index in [4.69, 9.17) is 4.74 Å². The second-order valence-corrected chi connectivity index (χ2v) is 4.49. The first-order valence-corrected chi connectivity index (χ1v) is 6.24. The van der Waals surface area contributed by atoms with Gasteiger partial charge in [0.05, 0.1) is 13.7 Å². The number of ketones is 1. The van der Waals surface area contributed by atoms with E-state index in [2.05, 4.69) is 0 Å². The molecule has 2 rings (SSSR count). The number of hydrogen-bond acceptors (Lipinski definition) is 3. The summed E-state index contributed by atoms with van der Waals surface area (Å²) in [5, 5.41) is 0. The molecule has 3 nitrogen and oxygen atoms in total. The molecule has 0 amide bonds. The maximum absolute atomic E-state index is 13.1. The van der Waals surface area contributed by atoms with Crippen molar-refractivity contribution in [1.82, 2.24) is 0 Å². The Labute approximate surface area is 117 Å². The monoisotopic (exact) mass is 273 g/mol. The molecule has 0 fully saturated rings. The van der Waals surface area contributed by atoms with Gasteiger partial charge >= 0.3 is 0 Å². The third-order valence-electron chi connectivity index (χ3n) is 3.04. The zero-order chi connectivity index (χ0) is 14.5. The Kier molecular flexibility index (Phi) is 4.35. The van der Waals surface area contributed by atoms with Crippen LogP contribution in [0.15, 0.2) is 48.5 Å². The number of benzene rings is 2. The molecule has 0 aromatic heterocycles. The fourth-order valence-electron chi connectivity index (χ4n) is 1.89. The molecular formula is C16H16FNO2. The molecule has 0 unspecified atom stereocenters. The van der Waals surface area contributed by atoms with Crippen molar-refractivity contribution in [3.63, 3.8) is 0 Å². The summed E-state index contributed by atoms with van der Waals surface area (Å²) in [6.07, 6.45) is 0. The van der Waals surface area contributed by atoms with Crippen LogP contribution in [-0.4, -0.2) is 26.5 Å². The van der Waals surface area contributed by atoms with Crippen molar-refractivity contribution in [3.8, 4) is 5.75 Å². The summed E-state index contributed by atoms with van der Waals surface area (Å²) >= 11 is 0. The molecule has 0 saturated carbocycles. The van der Waals surface area contributed by atoms with Gasteiger partial charge in [-0.15, -0.1) is 0 Å². The van der Waals surface area contributed by atoms with E-state index in [0.717, 1.165) is 0 Å². The first kappa shape index (κ1) is 14.1. The highest BCUT2D eigenvalue weighted by Crippen LogP contribution is 2.16. The van der Waals surface area contributed by atoms with Gasteiger partial charge in [0.1, 0.15) is 11.6 Å². The standard InChI is InChI=1S/C16H16FNO2/c1-18(14-5-3-4-13(17)10-14)11-16(19)12-6-8-15(20-2)9-7-12/h3-10H,11H2,1-2H3. The van der Waals surface area contributed by atoms with Crippen molar-refractivity contribution in [1.29, 1.82) is 0 Å². The minimum Gasteiger partial charge on any atom is -0.497 e. The summed E-state index contributed by atoms with van der Waals surface area (Å²) in [6, 6.07) is 13.1. The summed E-state index contributed by atoms with van der Waals surface area (Å²) in [5.41, 5.74) is 1.28. The molecule has 0 N–H and O–H groups in total. The summed E-state index contributed by atoms with van der Waals surface area (Å²) in [4.78, 5) is 13.9. The van der Waals surface area contributed by atoms with Gasteiger partial charge < -0.3 is 9.64 Å². The molecule has 0 atom stereocenters. The Hall–Kier alpha value is -2.36. The lowest BCUT2D eigenvalue weighted by molar-refractivity contribution is 0.100. The normalized spacial score (nSPS) is 10.2. The van der Waals surface area contributed by atoms with Gasteiger partial charge in [0.25, 0.3) is 0 Å². The molecule has 2 aromatic rings. The van der Waals surface area contributed by atoms with Crippen molar-refractivity contribution in [2.24, 2.45) is 0 Å². The van der Waals surface area contributed by atoms with E-state index in [0.29, 0.717) is 17.0 Å². The van der Waals surface area contributed by atoms with Crippen LogP contribution in [0.5, 0.6) is 5.75 Å². The van der Waals surface area contributed by atoms with Gasteiger partial charge in [0, 0.05) is 18.3 Å². The Morgan fingerprint density at radius 1 is 1.20 bits per heavy atom. The van der Waals surface area contributed by atoms with E-state index >= 15 is 0 Å². The minimum atomic E-state index is -0.314. The zero-order valence-corrected chi connectivity index (χ0v) is 11.5. The number of nitrogens with zero attached hydrogens (tertiary/aromatic N) is 1. The summed E-state index contributed by atoms with van der Waals surface area (Å²) in [6.45, 7) is 0.190. The molecule has 0 radical (unpaired) electrons. The topological polar surface area (TPSA) is 29.5 Å². The highest BCUT2D eigenvalue weighted by molar-refractivity contribution is 5.99. The number of likely N-dealkylation sites (N-methyl/N-ethyl adjacent to an activating group) is 1. The van der Waals surface area contributed by atoms with Crippen molar-refractivity contribution < 1.29 is 13.9 Å². The van der Waals surface area contributed by atoms with E-state index in [1.165, 1.54) is 12.1 Å². The fraction of sp³-hybridized carbons (Fsp3) is 0.188. The van der Waals surface area contributed by atoms with E-state index in [1.54, 1.807) is 55.5 Å². The molecule has 0 heterocycles. The van der Waals surface area contributed by atoms with E-state index in [-0.39, 0.29) is 18.1 Å². The third-order valence-corrected chi connectivity index (χ3v) is 3.04. The lowest BCUT2D eigenvalue weighted by Crippen LogP contribution is -2.25. The average molecular weight is 273 g/mol. The van der Waals surface area contributed by atoms with Crippen LogP contribution in [0.25, 0.3) is 0 Å². The number of carbonyl (C=O) groups excluding carboxylic acids is 1. The Morgan fingerprint density at radius 3 is 2.50 bits per heavy atom. The van der Waals surface area contributed by atoms with Crippen LogP contribution in [0.3, 0.4) is 0 Å². The van der Waals surface area contributed by atoms with Crippen molar-refractivity contribution >= 4 is 11.5 Å². The maximum Gasteiger partial charge on any atom is 0.182 e. The average Bonchev–Trinajstić information content (AvgIpc) is 2.47. The molecule has 0 aliphatic heterocycles. The highest BCUT2D eigenvalue weighted by atomic mass is 19.1. The lowest BCUT2D eigenvalue weighted by Gasteiger charge is -2.18. The first-order chi connectivity index (χ1) is 9.60. The van der Waals surface area contributed by atoms with E-state index in [9.17, 15) is 9.18 Å². The largest absolute Gasteiger partial charge is 0.497 e. The van der Waals surface area contributed by atoms with Gasteiger partial charge in [-0.05, 0) is 42.5 Å².